The normalized spacial score (nSPS) is 12.4. The smallest absolute Gasteiger partial charge is 0.372 e. The number of nitrogens with zero attached hydrogens (tertiary/aromatic N) is 1. The van der Waals surface area contributed by atoms with Crippen molar-refractivity contribution >= 4 is 0 Å². The molecule has 3 nitrogen and oxygen atoms in total. The Morgan fingerprint density at radius 1 is 1.19 bits per heavy atom. The minimum Gasteiger partial charge on any atom is -0.372 e. The van der Waals surface area contributed by atoms with Gasteiger partial charge in [0.2, 0.25) is 0 Å². The molecule has 0 aromatic rings. The van der Waals surface area contributed by atoms with Crippen LogP contribution in [-0.2, 0) is 4.74 Å². The first kappa shape index (κ1) is 15.7. The summed E-state index contributed by atoms with van der Waals surface area (Å²) in [5.74, 6) is 0. The van der Waals surface area contributed by atoms with Gasteiger partial charge in [0.15, 0.2) is 0 Å². The lowest BCUT2D eigenvalue weighted by atomic mass is 10.3. The third-order valence-corrected chi connectivity index (χ3v) is 2.06. The molecule has 0 fully saturated rings. The first-order chi connectivity index (χ1) is 7.45. The minimum atomic E-state index is -4.21. The van der Waals surface area contributed by atoms with Gasteiger partial charge in [-0.3, -0.25) is 0 Å². The number of ether oxygens (including phenoxy) is 1. The second kappa shape index (κ2) is 8.78. The highest BCUT2D eigenvalue weighted by molar-refractivity contribution is 4.53. The summed E-state index contributed by atoms with van der Waals surface area (Å²) >= 11 is 0. The van der Waals surface area contributed by atoms with Crippen molar-refractivity contribution in [3.63, 3.8) is 0 Å². The lowest BCUT2D eigenvalue weighted by Crippen LogP contribution is -2.25. The zero-order valence-electron chi connectivity index (χ0n) is 9.94. The predicted octanol–water partition coefficient (Wildman–Crippen LogP) is 1.50. The molecular formula is C10H21F3N2O. The van der Waals surface area contributed by atoms with Crippen molar-refractivity contribution < 1.29 is 17.9 Å². The summed E-state index contributed by atoms with van der Waals surface area (Å²) in [6, 6.07) is 0. The number of alkyl halides is 3. The van der Waals surface area contributed by atoms with E-state index < -0.39 is 12.8 Å². The Morgan fingerprint density at radius 3 is 2.38 bits per heavy atom. The average Bonchev–Trinajstić information content (AvgIpc) is 2.16. The summed E-state index contributed by atoms with van der Waals surface area (Å²) in [5, 5.41) is 3.04. The standard InChI is InChI=1S/C10H21F3N2O/c1-14-5-3-6-15(2)7-4-8-16-9-10(11,12)13/h14H,3-9H2,1-2H3. The molecule has 0 saturated carbocycles. The van der Waals surface area contributed by atoms with Crippen LogP contribution in [0.3, 0.4) is 0 Å². The molecule has 0 aliphatic carbocycles. The highest BCUT2D eigenvalue weighted by Gasteiger charge is 2.27. The molecule has 0 bridgehead atoms. The molecule has 6 heteroatoms. The van der Waals surface area contributed by atoms with Crippen LogP contribution in [0.25, 0.3) is 0 Å². The Balaban J connectivity index is 3.24. The molecule has 0 aromatic carbocycles. The largest absolute Gasteiger partial charge is 0.411 e. The Hall–Kier alpha value is -0.330. The molecule has 0 unspecified atom stereocenters. The van der Waals surface area contributed by atoms with Gasteiger partial charge < -0.3 is 15.0 Å². The molecule has 0 radical (unpaired) electrons. The molecule has 0 atom stereocenters. The molecule has 0 rings (SSSR count). The van der Waals surface area contributed by atoms with Gasteiger partial charge in [-0.2, -0.15) is 13.2 Å². The second-order valence-electron chi connectivity index (χ2n) is 3.78. The molecule has 1 N–H and O–H groups in total. The third kappa shape index (κ3) is 11.7. The molecule has 0 aliphatic heterocycles. The molecule has 0 aliphatic rings. The number of nitrogens with one attached hydrogen (secondary N) is 1. The van der Waals surface area contributed by atoms with Crippen LogP contribution < -0.4 is 5.32 Å². The van der Waals surface area contributed by atoms with E-state index in [9.17, 15) is 13.2 Å². The number of hydrogen-bond donors (Lipinski definition) is 1. The van der Waals surface area contributed by atoms with E-state index in [1.165, 1.54) is 0 Å². The van der Waals surface area contributed by atoms with Crippen LogP contribution in [0.1, 0.15) is 12.8 Å². The SMILES string of the molecule is CNCCCN(C)CCCOCC(F)(F)F. The zero-order chi connectivity index (χ0) is 12.4. The molecule has 0 amide bonds. The molecule has 16 heavy (non-hydrogen) atoms. The summed E-state index contributed by atoms with van der Waals surface area (Å²) in [5.41, 5.74) is 0. The van der Waals surface area contributed by atoms with Crippen molar-refractivity contribution in [3.05, 3.63) is 0 Å². The van der Waals surface area contributed by atoms with E-state index in [2.05, 4.69) is 15.0 Å². The molecule has 98 valence electrons. The summed E-state index contributed by atoms with van der Waals surface area (Å²) in [4.78, 5) is 2.09. The molecule has 0 saturated heterocycles. The fourth-order valence-electron chi connectivity index (χ4n) is 1.26. The minimum absolute atomic E-state index is 0.163. The van der Waals surface area contributed by atoms with Gasteiger partial charge in [0.05, 0.1) is 0 Å². The fraction of sp³-hybridized carbons (Fsp3) is 1.00. The lowest BCUT2D eigenvalue weighted by molar-refractivity contribution is -0.174. The quantitative estimate of drug-likeness (QED) is 0.620. The van der Waals surface area contributed by atoms with E-state index in [-0.39, 0.29) is 6.61 Å². The van der Waals surface area contributed by atoms with Gasteiger partial charge in [-0.15, -0.1) is 0 Å². The Labute approximate surface area is 94.9 Å². The number of rotatable bonds is 9. The highest BCUT2D eigenvalue weighted by Crippen LogP contribution is 2.14. The molecule has 0 spiro atoms. The Bertz CT molecular complexity index is 165. The van der Waals surface area contributed by atoms with Crippen molar-refractivity contribution in [2.45, 2.75) is 19.0 Å². The van der Waals surface area contributed by atoms with E-state index in [0.29, 0.717) is 6.42 Å². The number of halogens is 3. The Morgan fingerprint density at radius 2 is 1.81 bits per heavy atom. The van der Waals surface area contributed by atoms with Gasteiger partial charge in [-0.05, 0) is 40.0 Å². The first-order valence-corrected chi connectivity index (χ1v) is 5.43. The van der Waals surface area contributed by atoms with Crippen LogP contribution in [0.15, 0.2) is 0 Å². The zero-order valence-corrected chi connectivity index (χ0v) is 9.94. The monoisotopic (exact) mass is 242 g/mol. The number of hydrogen-bond acceptors (Lipinski definition) is 3. The first-order valence-electron chi connectivity index (χ1n) is 5.43. The van der Waals surface area contributed by atoms with Crippen LogP contribution in [0.4, 0.5) is 13.2 Å². The maximum atomic E-state index is 11.7. The van der Waals surface area contributed by atoms with Gasteiger partial charge in [-0.1, -0.05) is 0 Å². The van der Waals surface area contributed by atoms with Crippen LogP contribution >= 0.6 is 0 Å². The molecule has 0 heterocycles. The fourth-order valence-corrected chi connectivity index (χ4v) is 1.26. The summed E-state index contributed by atoms with van der Waals surface area (Å²) < 4.78 is 39.6. The summed E-state index contributed by atoms with van der Waals surface area (Å²) in [6.45, 7) is 1.68. The Kier molecular flexibility index (Phi) is 8.60. The van der Waals surface area contributed by atoms with Gasteiger partial charge in [-0.25, -0.2) is 0 Å². The van der Waals surface area contributed by atoms with Crippen molar-refractivity contribution in [2.24, 2.45) is 0 Å². The van der Waals surface area contributed by atoms with Crippen LogP contribution in [0.2, 0.25) is 0 Å². The van der Waals surface area contributed by atoms with Crippen LogP contribution in [0, 0.1) is 0 Å². The highest BCUT2D eigenvalue weighted by atomic mass is 19.4. The van der Waals surface area contributed by atoms with Crippen molar-refractivity contribution in [1.29, 1.82) is 0 Å². The topological polar surface area (TPSA) is 24.5 Å². The van der Waals surface area contributed by atoms with E-state index in [1.54, 1.807) is 0 Å². The lowest BCUT2D eigenvalue weighted by Gasteiger charge is -2.16. The summed E-state index contributed by atoms with van der Waals surface area (Å²) in [6.07, 6.45) is -2.54. The second-order valence-corrected chi connectivity index (χ2v) is 3.78. The maximum Gasteiger partial charge on any atom is 0.411 e. The van der Waals surface area contributed by atoms with Crippen molar-refractivity contribution in [3.8, 4) is 0 Å². The predicted molar refractivity (Wildman–Crippen MR) is 57.5 cm³/mol. The van der Waals surface area contributed by atoms with E-state index in [4.69, 9.17) is 0 Å². The maximum absolute atomic E-state index is 11.7. The third-order valence-electron chi connectivity index (χ3n) is 2.06. The van der Waals surface area contributed by atoms with Gasteiger partial charge in [0, 0.05) is 13.2 Å². The molecule has 0 aromatic heterocycles. The summed E-state index contributed by atoms with van der Waals surface area (Å²) in [7, 11) is 3.85. The van der Waals surface area contributed by atoms with E-state index in [0.717, 1.165) is 26.1 Å². The van der Waals surface area contributed by atoms with Crippen LogP contribution in [-0.4, -0.2) is 58.0 Å². The van der Waals surface area contributed by atoms with Gasteiger partial charge in [0.25, 0.3) is 0 Å². The molecular weight excluding hydrogens is 221 g/mol. The average molecular weight is 242 g/mol. The van der Waals surface area contributed by atoms with E-state index in [1.807, 2.05) is 14.1 Å². The van der Waals surface area contributed by atoms with Crippen LogP contribution in [0.5, 0.6) is 0 Å². The van der Waals surface area contributed by atoms with Crippen molar-refractivity contribution in [2.75, 3.05) is 46.9 Å². The van der Waals surface area contributed by atoms with Gasteiger partial charge >= 0.3 is 6.18 Å². The van der Waals surface area contributed by atoms with Crippen molar-refractivity contribution in [1.82, 2.24) is 10.2 Å². The van der Waals surface area contributed by atoms with Gasteiger partial charge in [0.1, 0.15) is 6.61 Å². The van der Waals surface area contributed by atoms with E-state index >= 15 is 0 Å².